The van der Waals surface area contributed by atoms with Gasteiger partial charge in [0.2, 0.25) is 0 Å². The van der Waals surface area contributed by atoms with Crippen LogP contribution < -0.4 is 4.72 Å². The van der Waals surface area contributed by atoms with Crippen molar-refractivity contribution in [1.29, 1.82) is 0 Å². The van der Waals surface area contributed by atoms with Crippen molar-refractivity contribution in [2.24, 2.45) is 4.99 Å². The van der Waals surface area contributed by atoms with Gasteiger partial charge in [-0.3, -0.25) is 9.71 Å². The molecule has 0 aliphatic carbocycles. The van der Waals surface area contributed by atoms with Gasteiger partial charge < -0.3 is 5.11 Å². The first-order valence-corrected chi connectivity index (χ1v) is 10.5. The molecule has 0 saturated carbocycles. The Balaban J connectivity index is 2.10. The Bertz CT molecular complexity index is 1060. The standard InChI is InChI=1S/C18H15ClN2O4S2/c1-11-7-16-14(8-13(11)19)26-15(9-17(22)23)18(21-27(16,24)25)20-10-12-5-3-2-4-6-12/h2-9H,10H2,1H3,(H,20,21)(H,22,23)/b15-9-. The van der Waals surface area contributed by atoms with Crippen LogP contribution in [0.1, 0.15) is 11.1 Å². The zero-order valence-corrected chi connectivity index (χ0v) is 16.5. The zero-order valence-electron chi connectivity index (χ0n) is 14.1. The lowest BCUT2D eigenvalue weighted by Crippen LogP contribution is -2.30. The van der Waals surface area contributed by atoms with E-state index in [4.69, 9.17) is 11.6 Å². The van der Waals surface area contributed by atoms with E-state index >= 15 is 0 Å². The third kappa shape index (κ3) is 4.52. The average Bonchev–Trinajstić information content (AvgIpc) is 2.69. The number of nitrogens with one attached hydrogen (secondary N) is 1. The van der Waals surface area contributed by atoms with Crippen LogP contribution in [0.5, 0.6) is 0 Å². The van der Waals surface area contributed by atoms with E-state index in [1.165, 1.54) is 12.1 Å². The molecule has 9 heteroatoms. The number of fused-ring (bicyclic) bond motifs is 1. The fraction of sp³-hybridized carbons (Fsp3) is 0.111. The first-order chi connectivity index (χ1) is 12.8. The Labute approximate surface area is 166 Å². The highest BCUT2D eigenvalue weighted by Crippen LogP contribution is 2.38. The summed E-state index contributed by atoms with van der Waals surface area (Å²) >= 11 is 7.13. The number of carboxylic acid groups (broad SMARTS) is 1. The number of carbonyl (C=O) groups is 1. The number of aliphatic carboxylic acids is 1. The lowest BCUT2D eigenvalue weighted by molar-refractivity contribution is -0.131. The summed E-state index contributed by atoms with van der Waals surface area (Å²) in [6.45, 7) is 1.90. The lowest BCUT2D eigenvalue weighted by Gasteiger charge is -2.08. The van der Waals surface area contributed by atoms with Gasteiger partial charge in [0.15, 0.2) is 0 Å². The Morgan fingerprint density at radius 3 is 2.67 bits per heavy atom. The number of halogens is 1. The fourth-order valence-corrected chi connectivity index (χ4v) is 5.29. The quantitative estimate of drug-likeness (QED) is 0.737. The minimum absolute atomic E-state index is 0.0174. The van der Waals surface area contributed by atoms with E-state index in [-0.39, 0.29) is 22.2 Å². The monoisotopic (exact) mass is 422 g/mol. The molecule has 0 amide bonds. The minimum atomic E-state index is -3.93. The molecule has 140 valence electrons. The number of thioether (sulfide) groups is 1. The van der Waals surface area contributed by atoms with Crippen molar-refractivity contribution in [2.75, 3.05) is 0 Å². The van der Waals surface area contributed by atoms with E-state index in [2.05, 4.69) is 9.71 Å². The summed E-state index contributed by atoms with van der Waals surface area (Å²) in [5.41, 5.74) is 1.47. The number of amidine groups is 1. The average molecular weight is 423 g/mol. The lowest BCUT2D eigenvalue weighted by atomic mass is 10.2. The van der Waals surface area contributed by atoms with Crippen molar-refractivity contribution < 1.29 is 18.3 Å². The van der Waals surface area contributed by atoms with Crippen LogP contribution in [0.3, 0.4) is 0 Å². The molecule has 0 bridgehead atoms. The largest absolute Gasteiger partial charge is 0.478 e. The number of aliphatic imine (C=N–C) groups is 1. The third-order valence-electron chi connectivity index (χ3n) is 3.72. The number of sulfonamides is 1. The maximum Gasteiger partial charge on any atom is 0.329 e. The van der Waals surface area contributed by atoms with Crippen LogP contribution in [0, 0.1) is 6.92 Å². The Kier molecular flexibility index (Phi) is 5.59. The highest BCUT2D eigenvalue weighted by molar-refractivity contribution is 8.05. The predicted molar refractivity (Wildman–Crippen MR) is 106 cm³/mol. The highest BCUT2D eigenvalue weighted by atomic mass is 35.5. The zero-order chi connectivity index (χ0) is 19.6. The van der Waals surface area contributed by atoms with Crippen molar-refractivity contribution in [2.45, 2.75) is 23.3 Å². The maximum atomic E-state index is 12.8. The first kappa shape index (κ1) is 19.5. The normalized spacial score (nSPS) is 18.6. The van der Waals surface area contributed by atoms with Crippen LogP contribution in [0.15, 0.2) is 68.2 Å². The van der Waals surface area contributed by atoms with Gasteiger partial charge in [0.05, 0.1) is 11.4 Å². The van der Waals surface area contributed by atoms with Crippen LogP contribution in [-0.2, 0) is 21.4 Å². The smallest absolute Gasteiger partial charge is 0.329 e. The van der Waals surface area contributed by atoms with Crippen molar-refractivity contribution in [1.82, 2.24) is 4.72 Å². The predicted octanol–water partition coefficient (Wildman–Crippen LogP) is 3.60. The molecule has 3 rings (SSSR count). The summed E-state index contributed by atoms with van der Waals surface area (Å²) in [7, 11) is -3.93. The molecule has 2 aromatic carbocycles. The molecule has 2 aromatic rings. The molecule has 27 heavy (non-hydrogen) atoms. The van der Waals surface area contributed by atoms with Gasteiger partial charge in [-0.2, -0.15) is 0 Å². The first-order valence-electron chi connectivity index (χ1n) is 7.80. The molecular formula is C18H15ClN2O4S2. The summed E-state index contributed by atoms with van der Waals surface area (Å²) in [6, 6.07) is 12.2. The van der Waals surface area contributed by atoms with Crippen LogP contribution in [0.25, 0.3) is 0 Å². The Morgan fingerprint density at radius 1 is 1.30 bits per heavy atom. The number of aryl methyl sites for hydroxylation is 1. The Hall–Kier alpha value is -2.29. The number of nitrogens with zero attached hydrogens (tertiary/aromatic N) is 1. The van der Waals surface area contributed by atoms with E-state index in [1.807, 2.05) is 30.3 Å². The van der Waals surface area contributed by atoms with Gasteiger partial charge in [-0.1, -0.05) is 53.7 Å². The van der Waals surface area contributed by atoms with E-state index in [0.717, 1.165) is 23.4 Å². The van der Waals surface area contributed by atoms with Gasteiger partial charge in [0.1, 0.15) is 10.7 Å². The SMILES string of the molecule is Cc1cc2c(cc1Cl)S/C(=C\C(=O)O)C(=NCc1ccccc1)NS2(=O)=O. The second kappa shape index (κ2) is 7.75. The van der Waals surface area contributed by atoms with Crippen LogP contribution in [0.2, 0.25) is 5.02 Å². The van der Waals surface area contributed by atoms with Gasteiger partial charge in [-0.05, 0) is 30.2 Å². The highest BCUT2D eigenvalue weighted by Gasteiger charge is 2.29. The number of rotatable bonds is 3. The molecule has 1 aliphatic rings. The summed E-state index contributed by atoms with van der Waals surface area (Å²) in [6.07, 6.45) is 0.930. The number of carboxylic acids is 1. The summed E-state index contributed by atoms with van der Waals surface area (Å²) < 4.78 is 28.0. The number of benzene rings is 2. The van der Waals surface area contributed by atoms with Gasteiger partial charge in [0, 0.05) is 16.0 Å². The molecule has 6 nitrogen and oxygen atoms in total. The third-order valence-corrected chi connectivity index (χ3v) is 6.72. The van der Waals surface area contributed by atoms with Crippen molar-refractivity contribution in [3.05, 3.63) is 69.6 Å². The van der Waals surface area contributed by atoms with Crippen LogP contribution >= 0.6 is 23.4 Å². The van der Waals surface area contributed by atoms with Gasteiger partial charge in [-0.15, -0.1) is 0 Å². The van der Waals surface area contributed by atoms with Crippen molar-refractivity contribution >= 4 is 45.2 Å². The summed E-state index contributed by atoms with van der Waals surface area (Å²) in [4.78, 5) is 16.1. The molecule has 0 aromatic heterocycles. The number of hydrogen-bond acceptors (Lipinski definition) is 5. The molecule has 0 spiro atoms. The second-order valence-electron chi connectivity index (χ2n) is 5.75. The number of hydrogen-bond donors (Lipinski definition) is 2. The molecule has 0 radical (unpaired) electrons. The summed E-state index contributed by atoms with van der Waals surface area (Å²) in [5, 5.41) is 9.59. The maximum absolute atomic E-state index is 12.8. The molecule has 0 unspecified atom stereocenters. The molecule has 0 saturated heterocycles. The van der Waals surface area contributed by atoms with E-state index in [1.54, 1.807) is 6.92 Å². The minimum Gasteiger partial charge on any atom is -0.478 e. The molecule has 1 heterocycles. The van der Waals surface area contributed by atoms with Gasteiger partial charge >= 0.3 is 5.97 Å². The van der Waals surface area contributed by atoms with Crippen molar-refractivity contribution in [3.8, 4) is 0 Å². The van der Waals surface area contributed by atoms with Gasteiger partial charge in [0.25, 0.3) is 10.0 Å². The summed E-state index contributed by atoms with van der Waals surface area (Å²) in [5.74, 6) is -1.22. The molecule has 0 fully saturated rings. The van der Waals surface area contributed by atoms with Crippen LogP contribution in [-0.4, -0.2) is 25.3 Å². The molecular weight excluding hydrogens is 408 g/mol. The Morgan fingerprint density at radius 2 is 2.00 bits per heavy atom. The van der Waals surface area contributed by atoms with Crippen molar-refractivity contribution in [3.63, 3.8) is 0 Å². The van der Waals surface area contributed by atoms with E-state index in [0.29, 0.717) is 15.5 Å². The molecule has 0 atom stereocenters. The molecule has 1 aliphatic heterocycles. The van der Waals surface area contributed by atoms with Gasteiger partial charge in [-0.25, -0.2) is 13.2 Å². The molecule has 2 N–H and O–H groups in total. The second-order valence-corrected chi connectivity index (χ2v) is 8.89. The van der Waals surface area contributed by atoms with Crippen LogP contribution in [0.4, 0.5) is 0 Å². The fourth-order valence-electron chi connectivity index (χ4n) is 2.40. The topological polar surface area (TPSA) is 95.8 Å². The van der Waals surface area contributed by atoms with E-state index < -0.39 is 16.0 Å². The van der Waals surface area contributed by atoms with E-state index in [9.17, 15) is 18.3 Å².